The van der Waals surface area contributed by atoms with E-state index in [1.807, 2.05) is 0 Å². The van der Waals surface area contributed by atoms with Crippen LogP contribution in [0, 0.1) is 0 Å². The minimum atomic E-state index is -1.27. The van der Waals surface area contributed by atoms with Gasteiger partial charge in [-0.2, -0.15) is 0 Å². The summed E-state index contributed by atoms with van der Waals surface area (Å²) in [6.07, 6.45) is -2.23. The molecule has 1 aromatic rings. The molecule has 0 spiro atoms. The number of alkyl halides is 2. The third kappa shape index (κ3) is 3.40. The SMILES string of the molecule is NC(=O)O[C@@H](C(=O)C(Cl)Cl)c1ccccc1. The van der Waals surface area contributed by atoms with E-state index in [2.05, 4.69) is 4.74 Å². The fourth-order valence-electron chi connectivity index (χ4n) is 1.15. The molecule has 0 radical (unpaired) electrons. The van der Waals surface area contributed by atoms with E-state index in [0.29, 0.717) is 5.56 Å². The number of carbonyl (C=O) groups is 2. The van der Waals surface area contributed by atoms with Crippen molar-refractivity contribution in [3.8, 4) is 0 Å². The highest BCUT2D eigenvalue weighted by molar-refractivity contribution is 6.54. The van der Waals surface area contributed by atoms with Gasteiger partial charge in [-0.25, -0.2) is 4.79 Å². The van der Waals surface area contributed by atoms with Crippen LogP contribution in [0.1, 0.15) is 11.7 Å². The van der Waals surface area contributed by atoms with Crippen LogP contribution in [-0.2, 0) is 9.53 Å². The maximum Gasteiger partial charge on any atom is 0.405 e. The number of nitrogens with two attached hydrogens (primary N) is 1. The summed E-state index contributed by atoms with van der Waals surface area (Å²) in [6.45, 7) is 0. The first-order chi connectivity index (χ1) is 7.52. The zero-order valence-corrected chi connectivity index (χ0v) is 9.61. The molecule has 4 nitrogen and oxygen atoms in total. The quantitative estimate of drug-likeness (QED) is 0.845. The summed E-state index contributed by atoms with van der Waals surface area (Å²) >= 11 is 10.9. The van der Waals surface area contributed by atoms with Crippen molar-refractivity contribution in [2.45, 2.75) is 10.9 Å². The Hall–Kier alpha value is -1.26. The lowest BCUT2D eigenvalue weighted by Crippen LogP contribution is -2.26. The van der Waals surface area contributed by atoms with Gasteiger partial charge in [-0.1, -0.05) is 53.5 Å². The minimum Gasteiger partial charge on any atom is -0.433 e. The third-order valence-electron chi connectivity index (χ3n) is 1.81. The summed E-state index contributed by atoms with van der Waals surface area (Å²) in [5.74, 6) is -0.631. The highest BCUT2D eigenvalue weighted by Crippen LogP contribution is 2.23. The van der Waals surface area contributed by atoms with Gasteiger partial charge in [-0.3, -0.25) is 4.79 Å². The van der Waals surface area contributed by atoms with Crippen molar-refractivity contribution in [1.29, 1.82) is 0 Å². The van der Waals surface area contributed by atoms with Crippen LogP contribution in [0.2, 0.25) is 0 Å². The van der Waals surface area contributed by atoms with E-state index in [0.717, 1.165) is 0 Å². The second kappa shape index (κ2) is 5.72. The summed E-state index contributed by atoms with van der Waals surface area (Å²) < 4.78 is 4.68. The van der Waals surface area contributed by atoms with Crippen LogP contribution in [0.25, 0.3) is 0 Å². The summed E-state index contributed by atoms with van der Waals surface area (Å²) in [5.41, 5.74) is 5.34. The van der Waals surface area contributed by atoms with Crippen LogP contribution in [0.5, 0.6) is 0 Å². The molecule has 0 unspecified atom stereocenters. The van der Waals surface area contributed by atoms with E-state index in [-0.39, 0.29) is 0 Å². The Kier molecular flexibility index (Phi) is 4.58. The molecule has 16 heavy (non-hydrogen) atoms. The number of amides is 1. The Morgan fingerprint density at radius 3 is 2.19 bits per heavy atom. The second-order valence-corrected chi connectivity index (χ2v) is 4.03. The molecule has 2 N–H and O–H groups in total. The van der Waals surface area contributed by atoms with Crippen LogP contribution < -0.4 is 5.73 Å². The van der Waals surface area contributed by atoms with Crippen molar-refractivity contribution in [1.82, 2.24) is 0 Å². The number of halogens is 2. The molecule has 1 atom stereocenters. The molecule has 86 valence electrons. The maximum atomic E-state index is 11.6. The number of Topliss-reactive ketones (excluding diaryl/α,β-unsaturated/α-hetero) is 1. The lowest BCUT2D eigenvalue weighted by Gasteiger charge is -2.15. The number of ether oxygens (including phenoxy) is 1. The van der Waals surface area contributed by atoms with Gasteiger partial charge < -0.3 is 10.5 Å². The molecule has 0 bridgehead atoms. The molecule has 0 aliphatic rings. The smallest absolute Gasteiger partial charge is 0.405 e. The van der Waals surface area contributed by atoms with Crippen LogP contribution >= 0.6 is 23.2 Å². The summed E-state index contributed by atoms with van der Waals surface area (Å²) in [5, 5.41) is 0. The van der Waals surface area contributed by atoms with Gasteiger partial charge in [0.1, 0.15) is 0 Å². The maximum absolute atomic E-state index is 11.6. The van der Waals surface area contributed by atoms with E-state index >= 15 is 0 Å². The fourth-order valence-corrected chi connectivity index (χ4v) is 1.38. The molecule has 0 heterocycles. The second-order valence-electron chi connectivity index (χ2n) is 2.93. The molecule has 0 fully saturated rings. The molecular formula is C10H9Cl2NO3. The van der Waals surface area contributed by atoms with Gasteiger partial charge in [-0.05, 0) is 0 Å². The van der Waals surface area contributed by atoms with Crippen molar-refractivity contribution in [3.05, 3.63) is 35.9 Å². The number of primary amides is 1. The normalized spacial score (nSPS) is 12.2. The molecule has 0 aliphatic heterocycles. The first-order valence-corrected chi connectivity index (χ1v) is 5.22. The summed E-state index contributed by atoms with van der Waals surface area (Å²) in [4.78, 5) is 21.0. The van der Waals surface area contributed by atoms with Crippen LogP contribution in [0.15, 0.2) is 30.3 Å². The summed E-state index contributed by atoms with van der Waals surface area (Å²) in [7, 11) is 0. The van der Waals surface area contributed by atoms with Crippen LogP contribution in [-0.4, -0.2) is 16.7 Å². The number of ketones is 1. The average molecular weight is 262 g/mol. The molecule has 6 heteroatoms. The van der Waals surface area contributed by atoms with Crippen molar-refractivity contribution in [2.24, 2.45) is 5.73 Å². The Bertz CT molecular complexity index is 381. The fraction of sp³-hybridized carbons (Fsp3) is 0.200. The van der Waals surface area contributed by atoms with Gasteiger partial charge in [-0.15, -0.1) is 0 Å². The predicted molar refractivity (Wildman–Crippen MR) is 60.4 cm³/mol. The van der Waals surface area contributed by atoms with Gasteiger partial charge in [0.25, 0.3) is 0 Å². The summed E-state index contributed by atoms with van der Waals surface area (Å²) in [6, 6.07) is 8.37. The van der Waals surface area contributed by atoms with Crippen molar-refractivity contribution >= 4 is 35.1 Å². The van der Waals surface area contributed by atoms with Crippen LogP contribution in [0.3, 0.4) is 0 Å². The van der Waals surface area contributed by atoms with E-state index in [4.69, 9.17) is 28.9 Å². The molecular weight excluding hydrogens is 253 g/mol. The molecule has 0 aromatic heterocycles. The topological polar surface area (TPSA) is 69.4 Å². The van der Waals surface area contributed by atoms with Gasteiger partial charge in [0.15, 0.2) is 10.9 Å². The molecule has 0 saturated carbocycles. The molecule has 1 aromatic carbocycles. The minimum absolute atomic E-state index is 0.470. The molecule has 0 aliphatic carbocycles. The van der Waals surface area contributed by atoms with Gasteiger partial charge in [0, 0.05) is 5.56 Å². The Labute approximate surface area is 102 Å². The highest BCUT2D eigenvalue weighted by atomic mass is 35.5. The van der Waals surface area contributed by atoms with Crippen molar-refractivity contribution in [3.63, 3.8) is 0 Å². The number of carbonyl (C=O) groups excluding carboxylic acids is 2. The van der Waals surface area contributed by atoms with Crippen molar-refractivity contribution < 1.29 is 14.3 Å². The first kappa shape index (κ1) is 12.8. The highest BCUT2D eigenvalue weighted by Gasteiger charge is 2.28. The first-order valence-electron chi connectivity index (χ1n) is 4.35. The lowest BCUT2D eigenvalue weighted by atomic mass is 10.1. The van der Waals surface area contributed by atoms with Crippen molar-refractivity contribution in [2.75, 3.05) is 0 Å². The third-order valence-corrected chi connectivity index (χ3v) is 2.24. The Morgan fingerprint density at radius 1 is 1.19 bits per heavy atom. The number of rotatable bonds is 4. The van der Waals surface area contributed by atoms with E-state index in [9.17, 15) is 9.59 Å². The Balaban J connectivity index is 2.96. The standard InChI is InChI=1S/C10H9Cl2NO3/c11-9(12)7(14)8(16-10(13)15)6-4-2-1-3-5-6/h1-5,8-9H,(H2,13,15)/t8-/m1/s1. The zero-order valence-electron chi connectivity index (χ0n) is 8.10. The Morgan fingerprint density at radius 2 is 1.75 bits per heavy atom. The van der Waals surface area contributed by atoms with E-state index < -0.39 is 22.8 Å². The predicted octanol–water partition coefficient (Wildman–Crippen LogP) is 2.20. The monoisotopic (exact) mass is 261 g/mol. The van der Waals surface area contributed by atoms with Gasteiger partial charge >= 0.3 is 6.09 Å². The van der Waals surface area contributed by atoms with Gasteiger partial charge in [0.05, 0.1) is 0 Å². The average Bonchev–Trinajstić information content (AvgIpc) is 2.26. The largest absolute Gasteiger partial charge is 0.433 e. The van der Waals surface area contributed by atoms with E-state index in [1.165, 1.54) is 0 Å². The van der Waals surface area contributed by atoms with Gasteiger partial charge in [0.2, 0.25) is 5.78 Å². The number of hydrogen-bond donors (Lipinski definition) is 1. The number of hydrogen-bond acceptors (Lipinski definition) is 3. The molecule has 1 rings (SSSR count). The zero-order chi connectivity index (χ0) is 12.1. The van der Waals surface area contributed by atoms with E-state index in [1.54, 1.807) is 30.3 Å². The van der Waals surface area contributed by atoms with Crippen LogP contribution in [0.4, 0.5) is 4.79 Å². The molecule has 1 amide bonds. The lowest BCUT2D eigenvalue weighted by molar-refractivity contribution is -0.125. The number of benzene rings is 1. The molecule has 0 saturated heterocycles.